The predicted octanol–water partition coefficient (Wildman–Crippen LogP) is 1.42. The minimum absolute atomic E-state index is 0.0117. The van der Waals surface area contributed by atoms with Crippen molar-refractivity contribution in [1.82, 2.24) is 5.06 Å². The van der Waals surface area contributed by atoms with Gasteiger partial charge in [0.1, 0.15) is 6.61 Å². The van der Waals surface area contributed by atoms with E-state index < -0.39 is 16.2 Å². The summed E-state index contributed by atoms with van der Waals surface area (Å²) in [4.78, 5) is 14.5. The highest BCUT2D eigenvalue weighted by molar-refractivity contribution is 5.01. The van der Waals surface area contributed by atoms with E-state index in [2.05, 4.69) is 4.84 Å². The first kappa shape index (κ1) is 12.2. The van der Waals surface area contributed by atoms with Crippen molar-refractivity contribution in [3.63, 3.8) is 0 Å². The molecule has 1 fully saturated rings. The third-order valence-electron chi connectivity index (χ3n) is 3.20. The summed E-state index contributed by atoms with van der Waals surface area (Å²) in [5, 5.41) is 22.2. The second kappa shape index (κ2) is 3.61. The molecule has 1 aliphatic heterocycles. The quantitative estimate of drug-likeness (QED) is 0.529. The van der Waals surface area contributed by atoms with Crippen LogP contribution in [-0.2, 0) is 10.0 Å². The van der Waals surface area contributed by atoms with Gasteiger partial charge in [0.25, 0.3) is 5.09 Å². The van der Waals surface area contributed by atoms with Crippen LogP contribution >= 0.6 is 0 Å². The molecule has 1 radical (unpaired) electrons. The molecule has 6 nitrogen and oxygen atoms in total. The molecule has 1 unspecified atom stereocenters. The van der Waals surface area contributed by atoms with Crippen molar-refractivity contribution in [2.24, 2.45) is 5.92 Å². The second-order valence-electron chi connectivity index (χ2n) is 5.18. The van der Waals surface area contributed by atoms with Crippen LogP contribution in [0.5, 0.6) is 0 Å². The van der Waals surface area contributed by atoms with E-state index in [4.69, 9.17) is 0 Å². The van der Waals surface area contributed by atoms with Gasteiger partial charge in [0.15, 0.2) is 0 Å². The van der Waals surface area contributed by atoms with Crippen LogP contribution in [-0.4, -0.2) is 27.8 Å². The summed E-state index contributed by atoms with van der Waals surface area (Å²) >= 11 is 0. The van der Waals surface area contributed by atoms with Gasteiger partial charge >= 0.3 is 0 Å². The summed E-state index contributed by atoms with van der Waals surface area (Å²) < 4.78 is 0. The molecule has 0 aromatic rings. The average molecular weight is 217 g/mol. The van der Waals surface area contributed by atoms with E-state index in [1.54, 1.807) is 13.8 Å². The fourth-order valence-electron chi connectivity index (χ4n) is 2.30. The number of hydrogen-bond acceptors (Lipinski definition) is 4. The molecule has 0 aromatic carbocycles. The Labute approximate surface area is 88.9 Å². The number of hydroxylamine groups is 2. The number of rotatable bonds is 3. The zero-order valence-electron chi connectivity index (χ0n) is 9.52. The Morgan fingerprint density at radius 2 is 2.00 bits per heavy atom. The Bertz CT molecular complexity index is 265. The van der Waals surface area contributed by atoms with Gasteiger partial charge in [-0.1, -0.05) is 0 Å². The molecule has 1 heterocycles. The van der Waals surface area contributed by atoms with Crippen LogP contribution in [0.25, 0.3) is 0 Å². The van der Waals surface area contributed by atoms with Crippen LogP contribution in [0.15, 0.2) is 0 Å². The van der Waals surface area contributed by atoms with Gasteiger partial charge in [-0.25, -0.2) is 0 Å². The lowest BCUT2D eigenvalue weighted by Crippen LogP contribution is -2.46. The molecule has 1 aliphatic rings. The normalized spacial score (nSPS) is 29.0. The van der Waals surface area contributed by atoms with Crippen LogP contribution in [0.1, 0.15) is 34.1 Å². The van der Waals surface area contributed by atoms with Crippen LogP contribution in [0, 0.1) is 16.0 Å². The molecule has 1 atom stereocenters. The molecule has 0 saturated carbocycles. The van der Waals surface area contributed by atoms with Crippen molar-refractivity contribution in [2.75, 3.05) is 6.61 Å². The molecule has 15 heavy (non-hydrogen) atoms. The topological polar surface area (TPSA) is 75.5 Å². The van der Waals surface area contributed by atoms with Gasteiger partial charge < -0.3 is 4.84 Å². The smallest absolute Gasteiger partial charge is 0.294 e. The van der Waals surface area contributed by atoms with E-state index in [0.717, 1.165) is 5.06 Å². The molecule has 6 heteroatoms. The van der Waals surface area contributed by atoms with E-state index in [-0.39, 0.29) is 12.5 Å². The van der Waals surface area contributed by atoms with Gasteiger partial charge in [-0.15, -0.1) is 20.4 Å². The maximum atomic E-state index is 11.9. The summed E-state index contributed by atoms with van der Waals surface area (Å²) in [6, 6.07) is 0. The molecule has 0 aliphatic carbocycles. The molecule has 1 saturated heterocycles. The van der Waals surface area contributed by atoms with Gasteiger partial charge in [-0.05, 0) is 34.1 Å². The van der Waals surface area contributed by atoms with Crippen molar-refractivity contribution < 1.29 is 15.1 Å². The summed E-state index contributed by atoms with van der Waals surface area (Å²) in [5.41, 5.74) is -1.09. The van der Waals surface area contributed by atoms with Crippen LogP contribution in [0.2, 0.25) is 0 Å². The summed E-state index contributed by atoms with van der Waals surface area (Å²) in [5.74, 6) is -0.115. The molecule has 0 bridgehead atoms. The molecule has 0 N–H and O–H groups in total. The first-order chi connectivity index (χ1) is 6.68. The van der Waals surface area contributed by atoms with Crippen LogP contribution < -0.4 is 0 Å². The third kappa shape index (κ3) is 2.21. The minimum atomic E-state index is -0.809. The second-order valence-corrected chi connectivity index (χ2v) is 5.18. The fourth-order valence-corrected chi connectivity index (χ4v) is 2.30. The summed E-state index contributed by atoms with van der Waals surface area (Å²) in [6.07, 6.45) is 0.608. The van der Waals surface area contributed by atoms with E-state index >= 15 is 0 Å². The van der Waals surface area contributed by atoms with Gasteiger partial charge in [0.05, 0.1) is 0 Å². The molecular formula is C9H17N2O4. The molecule has 1 rings (SSSR count). The molecular weight excluding hydrogens is 200 g/mol. The third-order valence-corrected chi connectivity index (χ3v) is 3.20. The lowest BCUT2D eigenvalue weighted by Gasteiger charge is -2.33. The monoisotopic (exact) mass is 217 g/mol. The standard InChI is InChI=1S/C9H17N2O4/c1-8(2)5-7(6-15-11(13)14)9(3,4)10(8)12/h7H,5-6H2,1-4H3. The first-order valence-corrected chi connectivity index (χ1v) is 4.92. The van der Waals surface area contributed by atoms with E-state index in [9.17, 15) is 15.3 Å². The van der Waals surface area contributed by atoms with Crippen LogP contribution in [0.4, 0.5) is 0 Å². The van der Waals surface area contributed by atoms with Gasteiger partial charge in [-0.2, -0.15) is 0 Å². The van der Waals surface area contributed by atoms with Crippen molar-refractivity contribution >= 4 is 0 Å². The Hall–Kier alpha value is -0.880. The molecule has 0 spiro atoms. The minimum Gasteiger partial charge on any atom is -0.314 e. The SMILES string of the molecule is CC1(C)CC(CO[N+](=O)[O-])C(C)(C)N1[O]. The highest BCUT2D eigenvalue weighted by Crippen LogP contribution is 2.43. The lowest BCUT2D eigenvalue weighted by atomic mass is 9.88. The zero-order chi connectivity index (χ0) is 11.9. The van der Waals surface area contributed by atoms with Crippen molar-refractivity contribution in [2.45, 2.75) is 45.2 Å². The van der Waals surface area contributed by atoms with Crippen molar-refractivity contribution in [1.29, 1.82) is 0 Å². The van der Waals surface area contributed by atoms with Gasteiger partial charge in [0.2, 0.25) is 0 Å². The Morgan fingerprint density at radius 1 is 1.47 bits per heavy atom. The van der Waals surface area contributed by atoms with E-state index in [1.807, 2.05) is 13.8 Å². The van der Waals surface area contributed by atoms with Gasteiger partial charge in [0, 0.05) is 17.0 Å². The number of hydrogen-bond donors (Lipinski definition) is 0. The highest BCUT2D eigenvalue weighted by atomic mass is 16.9. The summed E-state index contributed by atoms with van der Waals surface area (Å²) in [6.45, 7) is 7.26. The van der Waals surface area contributed by atoms with E-state index in [0.29, 0.717) is 6.42 Å². The summed E-state index contributed by atoms with van der Waals surface area (Å²) in [7, 11) is 0. The number of nitrogens with zero attached hydrogens (tertiary/aromatic N) is 2. The Morgan fingerprint density at radius 3 is 2.33 bits per heavy atom. The fraction of sp³-hybridized carbons (Fsp3) is 1.00. The van der Waals surface area contributed by atoms with Crippen molar-refractivity contribution in [3.05, 3.63) is 10.1 Å². The van der Waals surface area contributed by atoms with Crippen LogP contribution in [0.3, 0.4) is 0 Å². The highest BCUT2D eigenvalue weighted by Gasteiger charge is 2.52. The zero-order valence-corrected chi connectivity index (χ0v) is 9.52. The largest absolute Gasteiger partial charge is 0.314 e. The first-order valence-electron chi connectivity index (χ1n) is 4.92. The maximum absolute atomic E-state index is 11.9. The van der Waals surface area contributed by atoms with E-state index in [1.165, 1.54) is 0 Å². The molecule has 0 amide bonds. The molecule has 87 valence electrons. The Balaban J connectivity index is 2.71. The average Bonchev–Trinajstić information content (AvgIpc) is 2.23. The van der Waals surface area contributed by atoms with Crippen molar-refractivity contribution in [3.8, 4) is 0 Å². The maximum Gasteiger partial charge on any atom is 0.294 e. The van der Waals surface area contributed by atoms with Gasteiger partial charge in [-0.3, -0.25) is 0 Å². The Kier molecular flexibility index (Phi) is 2.93. The predicted molar refractivity (Wildman–Crippen MR) is 51.7 cm³/mol. The molecule has 0 aromatic heterocycles. The lowest BCUT2D eigenvalue weighted by molar-refractivity contribution is -0.759.